The zero-order chi connectivity index (χ0) is 22.6. The number of benzene rings is 1. The first-order valence-corrected chi connectivity index (χ1v) is 11.3. The molecular formula is C23H29N3O4S. The quantitative estimate of drug-likeness (QED) is 0.630. The van der Waals surface area contributed by atoms with E-state index in [-0.39, 0.29) is 13.2 Å². The third-order valence-corrected chi connectivity index (χ3v) is 6.31. The van der Waals surface area contributed by atoms with Crippen LogP contribution in [-0.2, 0) is 19.1 Å². The number of nitrogens with one attached hydrogen (secondary N) is 2. The molecule has 1 aromatic carbocycles. The molecule has 0 amide bonds. The van der Waals surface area contributed by atoms with E-state index in [0.29, 0.717) is 16.4 Å². The lowest BCUT2D eigenvalue weighted by Gasteiger charge is -2.48. The van der Waals surface area contributed by atoms with Crippen LogP contribution in [-0.4, -0.2) is 41.7 Å². The second-order valence-electron chi connectivity index (χ2n) is 7.48. The molecular weight excluding hydrogens is 414 g/mol. The topological polar surface area (TPSA) is 89.5 Å². The number of nitrogens with zero attached hydrogens (tertiary/aromatic N) is 1. The highest BCUT2D eigenvalue weighted by Crippen LogP contribution is 2.45. The molecule has 0 saturated heterocycles. The first-order chi connectivity index (χ1) is 14.8. The molecule has 2 N–H and O–H groups in total. The van der Waals surface area contributed by atoms with Crippen molar-refractivity contribution in [3.63, 3.8) is 0 Å². The van der Waals surface area contributed by atoms with Crippen LogP contribution in [0, 0.1) is 6.92 Å². The van der Waals surface area contributed by atoms with Crippen molar-refractivity contribution in [3.05, 3.63) is 58.2 Å². The second-order valence-corrected chi connectivity index (χ2v) is 8.34. The van der Waals surface area contributed by atoms with Crippen LogP contribution in [0.2, 0.25) is 0 Å². The average molecular weight is 444 g/mol. The largest absolute Gasteiger partial charge is 0.464 e. The van der Waals surface area contributed by atoms with Gasteiger partial charge in [-0.2, -0.15) is 0 Å². The number of rotatable bonds is 7. The van der Waals surface area contributed by atoms with E-state index < -0.39 is 29.4 Å². The molecule has 7 nitrogen and oxygen atoms in total. The van der Waals surface area contributed by atoms with E-state index in [1.807, 2.05) is 56.5 Å². The fourth-order valence-corrected chi connectivity index (χ4v) is 4.89. The monoisotopic (exact) mass is 443 g/mol. The minimum Gasteiger partial charge on any atom is -0.464 e. The third kappa shape index (κ3) is 4.30. The maximum atomic E-state index is 13.6. The number of hydrogen-bond donors (Lipinski definition) is 2. The molecule has 3 unspecified atom stereocenters. The number of aryl methyl sites for hydroxylation is 1. The summed E-state index contributed by atoms with van der Waals surface area (Å²) in [4.78, 5) is 31.3. The molecule has 0 spiro atoms. The van der Waals surface area contributed by atoms with E-state index in [0.717, 1.165) is 11.3 Å². The number of hydrogen-bond acceptors (Lipinski definition) is 8. The Bertz CT molecular complexity index is 972. The van der Waals surface area contributed by atoms with Gasteiger partial charge in [-0.15, -0.1) is 11.3 Å². The van der Waals surface area contributed by atoms with Crippen molar-refractivity contribution >= 4 is 28.4 Å². The fourth-order valence-electron chi connectivity index (χ4n) is 4.13. The number of carbonyl (C=O) groups is 2. The van der Waals surface area contributed by atoms with Gasteiger partial charge in [0.15, 0.2) is 10.7 Å². The normalized spacial score (nSPS) is 23.1. The van der Waals surface area contributed by atoms with E-state index >= 15 is 0 Å². The van der Waals surface area contributed by atoms with Crippen LogP contribution in [0.3, 0.4) is 0 Å². The maximum Gasteiger partial charge on any atom is 0.336 e. The highest BCUT2D eigenvalue weighted by molar-refractivity contribution is 7.13. The number of aromatic nitrogens is 1. The predicted molar refractivity (Wildman–Crippen MR) is 121 cm³/mol. The Kier molecular flexibility index (Phi) is 7.00. The SMILES string of the molecule is CCOC(=O)C1=C(C)NC(C)C(Nc2nc(C)cs2)(C(=O)OCC)C1c1ccccc1. The summed E-state index contributed by atoms with van der Waals surface area (Å²) in [7, 11) is 0. The molecule has 166 valence electrons. The molecule has 8 heteroatoms. The van der Waals surface area contributed by atoms with Gasteiger partial charge in [0.2, 0.25) is 0 Å². The Balaban J connectivity index is 2.28. The van der Waals surface area contributed by atoms with Crippen LogP contribution in [0.4, 0.5) is 5.13 Å². The molecule has 0 saturated carbocycles. The molecule has 2 aromatic rings. The Morgan fingerprint density at radius 1 is 1.16 bits per heavy atom. The highest BCUT2D eigenvalue weighted by atomic mass is 32.1. The maximum absolute atomic E-state index is 13.6. The van der Waals surface area contributed by atoms with Crippen LogP contribution in [0.1, 0.15) is 44.9 Å². The van der Waals surface area contributed by atoms with Gasteiger partial charge < -0.3 is 20.1 Å². The summed E-state index contributed by atoms with van der Waals surface area (Å²) in [5.74, 6) is -1.56. The van der Waals surface area contributed by atoms with Gasteiger partial charge in [-0.25, -0.2) is 14.6 Å². The third-order valence-electron chi connectivity index (χ3n) is 5.44. The fraction of sp³-hybridized carbons (Fsp3) is 0.435. The van der Waals surface area contributed by atoms with Crippen molar-refractivity contribution in [3.8, 4) is 0 Å². The van der Waals surface area contributed by atoms with Gasteiger partial charge in [-0.3, -0.25) is 0 Å². The number of thiazole rings is 1. The van der Waals surface area contributed by atoms with Gasteiger partial charge in [0.25, 0.3) is 0 Å². The second kappa shape index (κ2) is 9.51. The minimum atomic E-state index is -1.32. The number of allylic oxidation sites excluding steroid dienone is 1. The predicted octanol–water partition coefficient (Wildman–Crippen LogP) is 3.78. The lowest BCUT2D eigenvalue weighted by Crippen LogP contribution is -2.66. The molecule has 0 aliphatic carbocycles. The Morgan fingerprint density at radius 2 is 1.84 bits per heavy atom. The van der Waals surface area contributed by atoms with Gasteiger partial charge in [0, 0.05) is 11.1 Å². The van der Waals surface area contributed by atoms with Gasteiger partial charge in [-0.1, -0.05) is 30.3 Å². The lowest BCUT2D eigenvalue weighted by atomic mass is 9.68. The molecule has 1 aliphatic rings. The molecule has 31 heavy (non-hydrogen) atoms. The summed E-state index contributed by atoms with van der Waals surface area (Å²) in [5.41, 5.74) is 1.42. The molecule has 3 atom stereocenters. The zero-order valence-electron chi connectivity index (χ0n) is 18.5. The number of carbonyl (C=O) groups excluding carboxylic acids is 2. The zero-order valence-corrected chi connectivity index (χ0v) is 19.3. The Morgan fingerprint density at radius 3 is 2.42 bits per heavy atom. The summed E-state index contributed by atoms with van der Waals surface area (Å²) in [6, 6.07) is 9.11. The van der Waals surface area contributed by atoms with Crippen molar-refractivity contribution in [1.29, 1.82) is 0 Å². The molecule has 1 aromatic heterocycles. The molecule has 2 heterocycles. The van der Waals surface area contributed by atoms with E-state index in [2.05, 4.69) is 15.6 Å². The van der Waals surface area contributed by atoms with E-state index in [4.69, 9.17) is 9.47 Å². The lowest BCUT2D eigenvalue weighted by molar-refractivity contribution is -0.151. The van der Waals surface area contributed by atoms with Crippen molar-refractivity contribution in [1.82, 2.24) is 10.3 Å². The van der Waals surface area contributed by atoms with Crippen LogP contribution in [0.15, 0.2) is 47.0 Å². The number of esters is 2. The van der Waals surface area contributed by atoms with Gasteiger partial charge in [0.05, 0.1) is 36.4 Å². The van der Waals surface area contributed by atoms with Crippen LogP contribution < -0.4 is 10.6 Å². The molecule has 0 fully saturated rings. The molecule has 0 radical (unpaired) electrons. The molecule has 3 rings (SSSR count). The highest BCUT2D eigenvalue weighted by Gasteiger charge is 2.58. The summed E-state index contributed by atoms with van der Waals surface area (Å²) in [6.07, 6.45) is 0. The van der Waals surface area contributed by atoms with E-state index in [1.165, 1.54) is 11.3 Å². The molecule has 1 aliphatic heterocycles. The van der Waals surface area contributed by atoms with Crippen molar-refractivity contribution in [2.45, 2.75) is 52.1 Å². The van der Waals surface area contributed by atoms with Crippen molar-refractivity contribution < 1.29 is 19.1 Å². The standard InChI is InChI=1S/C23H29N3O4S/c1-6-29-20(27)18-15(4)25-16(5)23(21(28)30-7-2,26-22-24-14(3)13-31-22)19(18)17-11-9-8-10-12-17/h8-13,16,19,25H,6-7H2,1-5H3,(H,24,26). The van der Waals surface area contributed by atoms with Crippen molar-refractivity contribution in [2.24, 2.45) is 0 Å². The van der Waals surface area contributed by atoms with Crippen LogP contribution in [0.25, 0.3) is 0 Å². The van der Waals surface area contributed by atoms with E-state index in [9.17, 15) is 9.59 Å². The van der Waals surface area contributed by atoms with Gasteiger partial charge in [0.1, 0.15) is 0 Å². The van der Waals surface area contributed by atoms with Crippen LogP contribution in [0.5, 0.6) is 0 Å². The van der Waals surface area contributed by atoms with Gasteiger partial charge >= 0.3 is 11.9 Å². The van der Waals surface area contributed by atoms with E-state index in [1.54, 1.807) is 13.8 Å². The smallest absolute Gasteiger partial charge is 0.336 e. The summed E-state index contributed by atoms with van der Waals surface area (Å²) in [6.45, 7) is 9.62. The summed E-state index contributed by atoms with van der Waals surface area (Å²) in [5, 5.41) is 9.19. The Hall–Kier alpha value is -2.87. The van der Waals surface area contributed by atoms with Crippen molar-refractivity contribution in [2.75, 3.05) is 18.5 Å². The number of ether oxygens (including phenoxy) is 2. The summed E-state index contributed by atoms with van der Waals surface area (Å²) >= 11 is 1.41. The number of anilines is 1. The Labute approximate surface area is 186 Å². The molecule has 0 bridgehead atoms. The average Bonchev–Trinajstić information content (AvgIpc) is 3.15. The van der Waals surface area contributed by atoms with Crippen LogP contribution >= 0.6 is 11.3 Å². The summed E-state index contributed by atoms with van der Waals surface area (Å²) < 4.78 is 11.0. The van der Waals surface area contributed by atoms with Gasteiger partial charge in [-0.05, 0) is 40.2 Å². The first-order valence-electron chi connectivity index (χ1n) is 10.4. The first kappa shape index (κ1) is 22.8. The minimum absolute atomic E-state index is 0.213.